The lowest BCUT2D eigenvalue weighted by molar-refractivity contribution is 0.0149. The molecule has 0 spiro atoms. The number of hydrogen-bond acceptors (Lipinski definition) is 2. The van der Waals surface area contributed by atoms with E-state index in [2.05, 4.69) is 73.7 Å². The van der Waals surface area contributed by atoms with Gasteiger partial charge in [-0.05, 0) is 66.0 Å². The molecular weight excluding hydrogens is 380 g/mol. The van der Waals surface area contributed by atoms with Crippen LogP contribution in [0.3, 0.4) is 0 Å². The second-order valence-electron chi connectivity index (χ2n) is 8.18. The van der Waals surface area contributed by atoms with Crippen LogP contribution in [-0.4, -0.2) is 12.4 Å². The highest BCUT2D eigenvalue weighted by Gasteiger charge is 2.18. The van der Waals surface area contributed by atoms with Gasteiger partial charge in [-0.15, -0.1) is 0 Å². The van der Waals surface area contributed by atoms with Gasteiger partial charge in [0.1, 0.15) is 0 Å². The molecule has 0 radical (unpaired) electrons. The van der Waals surface area contributed by atoms with Gasteiger partial charge in [-0.1, -0.05) is 85.8 Å². The molecule has 4 rings (SSSR count). The van der Waals surface area contributed by atoms with Crippen molar-refractivity contribution in [3.63, 3.8) is 0 Å². The van der Waals surface area contributed by atoms with Crippen LogP contribution in [0.1, 0.15) is 78.2 Å². The van der Waals surface area contributed by atoms with Crippen LogP contribution in [0, 0.1) is 0 Å². The SMILES string of the molecule is CC/C(=C(/c1ccc(C(C)=O)cc1)c1ccc(C2CCCCO2)cc1)c1ccccc1. The molecule has 158 valence electrons. The van der Waals surface area contributed by atoms with Crippen molar-refractivity contribution in [1.29, 1.82) is 0 Å². The van der Waals surface area contributed by atoms with Crippen LogP contribution in [0.15, 0.2) is 78.9 Å². The number of Topliss-reactive ketones (excluding diaryl/α,β-unsaturated/α-hetero) is 1. The summed E-state index contributed by atoms with van der Waals surface area (Å²) < 4.78 is 5.98. The zero-order chi connectivity index (χ0) is 21.6. The smallest absolute Gasteiger partial charge is 0.159 e. The van der Waals surface area contributed by atoms with Gasteiger partial charge in [0.2, 0.25) is 0 Å². The normalized spacial score (nSPS) is 17.2. The molecule has 3 aromatic rings. The Bertz CT molecular complexity index is 1040. The van der Waals surface area contributed by atoms with E-state index in [0.29, 0.717) is 0 Å². The van der Waals surface area contributed by atoms with E-state index in [1.165, 1.54) is 34.3 Å². The summed E-state index contributed by atoms with van der Waals surface area (Å²) in [6.45, 7) is 4.67. The standard InChI is InChI=1S/C29H30O2/c1-3-27(23-9-5-4-6-10-23)29(25-16-12-22(13-17-25)21(2)30)26-18-14-24(15-19-26)28-11-7-8-20-31-28/h4-6,9-10,12-19,28H,3,7-8,11,20H2,1-2H3/b29-27+. The zero-order valence-corrected chi connectivity index (χ0v) is 18.4. The first-order valence-corrected chi connectivity index (χ1v) is 11.3. The van der Waals surface area contributed by atoms with Gasteiger partial charge in [-0.25, -0.2) is 0 Å². The highest BCUT2D eigenvalue weighted by Crippen LogP contribution is 2.36. The van der Waals surface area contributed by atoms with Gasteiger partial charge in [-0.2, -0.15) is 0 Å². The van der Waals surface area contributed by atoms with Gasteiger partial charge < -0.3 is 4.74 Å². The molecule has 0 amide bonds. The van der Waals surface area contributed by atoms with E-state index in [-0.39, 0.29) is 11.9 Å². The quantitative estimate of drug-likeness (QED) is 0.311. The monoisotopic (exact) mass is 410 g/mol. The number of benzene rings is 3. The predicted molar refractivity (Wildman–Crippen MR) is 128 cm³/mol. The predicted octanol–water partition coefficient (Wildman–Crippen LogP) is 7.50. The van der Waals surface area contributed by atoms with Crippen molar-refractivity contribution in [2.75, 3.05) is 6.61 Å². The molecule has 0 aliphatic carbocycles. The Labute approximate surface area is 185 Å². The third kappa shape index (κ3) is 4.86. The molecule has 1 aliphatic rings. The molecule has 0 aromatic heterocycles. The highest BCUT2D eigenvalue weighted by molar-refractivity contribution is 5.99. The summed E-state index contributed by atoms with van der Waals surface area (Å²) >= 11 is 0. The Hall–Kier alpha value is -2.97. The lowest BCUT2D eigenvalue weighted by atomic mass is 9.87. The fourth-order valence-electron chi connectivity index (χ4n) is 4.42. The lowest BCUT2D eigenvalue weighted by Crippen LogP contribution is -2.11. The summed E-state index contributed by atoms with van der Waals surface area (Å²) in [4.78, 5) is 11.8. The zero-order valence-electron chi connectivity index (χ0n) is 18.4. The van der Waals surface area contributed by atoms with Crippen molar-refractivity contribution in [1.82, 2.24) is 0 Å². The van der Waals surface area contributed by atoms with E-state index in [1.54, 1.807) is 6.92 Å². The number of ketones is 1. The number of carbonyl (C=O) groups excluding carboxylic acids is 1. The number of ether oxygens (including phenoxy) is 1. The van der Waals surface area contributed by atoms with E-state index < -0.39 is 0 Å². The van der Waals surface area contributed by atoms with Crippen LogP contribution >= 0.6 is 0 Å². The molecule has 3 aromatic carbocycles. The van der Waals surface area contributed by atoms with Gasteiger partial charge in [0.05, 0.1) is 6.10 Å². The molecule has 2 heteroatoms. The van der Waals surface area contributed by atoms with E-state index in [1.807, 2.05) is 12.1 Å². The summed E-state index contributed by atoms with van der Waals surface area (Å²) in [7, 11) is 0. The molecule has 1 aliphatic heterocycles. The Kier molecular flexibility index (Phi) is 6.79. The summed E-state index contributed by atoms with van der Waals surface area (Å²) in [5, 5.41) is 0. The maximum atomic E-state index is 11.8. The van der Waals surface area contributed by atoms with Gasteiger partial charge in [0.15, 0.2) is 5.78 Å². The number of allylic oxidation sites excluding steroid dienone is 1. The number of carbonyl (C=O) groups is 1. The molecule has 0 bridgehead atoms. The van der Waals surface area contributed by atoms with Crippen molar-refractivity contribution in [3.05, 3.63) is 107 Å². The second-order valence-corrected chi connectivity index (χ2v) is 8.18. The van der Waals surface area contributed by atoms with Crippen LogP contribution in [0.25, 0.3) is 11.1 Å². The molecule has 0 N–H and O–H groups in total. The minimum atomic E-state index is 0.0905. The van der Waals surface area contributed by atoms with Crippen molar-refractivity contribution in [2.24, 2.45) is 0 Å². The summed E-state index contributed by atoms with van der Waals surface area (Å²) in [5.74, 6) is 0.0905. The fraction of sp³-hybridized carbons (Fsp3) is 0.276. The molecule has 1 fully saturated rings. The number of rotatable bonds is 6. The van der Waals surface area contributed by atoms with Crippen molar-refractivity contribution in [2.45, 2.75) is 45.6 Å². The van der Waals surface area contributed by atoms with Crippen molar-refractivity contribution < 1.29 is 9.53 Å². The molecule has 1 saturated heterocycles. The average Bonchev–Trinajstić information content (AvgIpc) is 2.84. The third-order valence-electron chi connectivity index (χ3n) is 6.11. The van der Waals surface area contributed by atoms with Gasteiger partial charge in [-0.3, -0.25) is 4.79 Å². The van der Waals surface area contributed by atoms with Gasteiger partial charge in [0.25, 0.3) is 0 Å². The van der Waals surface area contributed by atoms with Crippen LogP contribution < -0.4 is 0 Å². The van der Waals surface area contributed by atoms with E-state index in [0.717, 1.165) is 37.0 Å². The van der Waals surface area contributed by atoms with Crippen molar-refractivity contribution >= 4 is 16.9 Å². The Morgan fingerprint density at radius 1 is 0.806 bits per heavy atom. The van der Waals surface area contributed by atoms with E-state index >= 15 is 0 Å². The van der Waals surface area contributed by atoms with E-state index in [9.17, 15) is 4.79 Å². The van der Waals surface area contributed by atoms with Gasteiger partial charge >= 0.3 is 0 Å². The molecule has 2 nitrogen and oxygen atoms in total. The highest BCUT2D eigenvalue weighted by atomic mass is 16.5. The lowest BCUT2D eigenvalue weighted by Gasteiger charge is -2.23. The molecule has 0 saturated carbocycles. The Morgan fingerprint density at radius 3 is 1.97 bits per heavy atom. The molecule has 1 unspecified atom stereocenters. The van der Waals surface area contributed by atoms with Gasteiger partial charge in [0, 0.05) is 12.2 Å². The van der Waals surface area contributed by atoms with Crippen LogP contribution in [0.5, 0.6) is 0 Å². The third-order valence-corrected chi connectivity index (χ3v) is 6.11. The van der Waals surface area contributed by atoms with Crippen LogP contribution in [0.2, 0.25) is 0 Å². The second kappa shape index (κ2) is 9.89. The van der Waals surface area contributed by atoms with E-state index in [4.69, 9.17) is 4.74 Å². The largest absolute Gasteiger partial charge is 0.374 e. The first kappa shape index (κ1) is 21.3. The van der Waals surface area contributed by atoms with Crippen molar-refractivity contribution in [3.8, 4) is 0 Å². The first-order valence-electron chi connectivity index (χ1n) is 11.3. The Balaban J connectivity index is 1.80. The summed E-state index contributed by atoms with van der Waals surface area (Å²) in [5.41, 5.74) is 8.08. The topological polar surface area (TPSA) is 26.3 Å². The fourth-order valence-corrected chi connectivity index (χ4v) is 4.42. The summed E-state index contributed by atoms with van der Waals surface area (Å²) in [6, 6.07) is 27.5. The maximum Gasteiger partial charge on any atom is 0.159 e. The minimum Gasteiger partial charge on any atom is -0.374 e. The molecule has 1 atom stereocenters. The molecule has 31 heavy (non-hydrogen) atoms. The van der Waals surface area contributed by atoms with Crippen LogP contribution in [-0.2, 0) is 4.74 Å². The average molecular weight is 411 g/mol. The molecular formula is C29H30O2. The summed E-state index contributed by atoms with van der Waals surface area (Å²) in [6.07, 6.45) is 4.62. The number of hydrogen-bond donors (Lipinski definition) is 0. The maximum absolute atomic E-state index is 11.8. The van der Waals surface area contributed by atoms with Crippen LogP contribution in [0.4, 0.5) is 0 Å². The molecule has 1 heterocycles. The first-order chi connectivity index (χ1) is 15.2. The minimum absolute atomic E-state index is 0.0905. The Morgan fingerprint density at radius 2 is 1.42 bits per heavy atom.